The summed E-state index contributed by atoms with van der Waals surface area (Å²) in [6.45, 7) is 2.53. The molecule has 10 nitrogen and oxygen atoms in total. The van der Waals surface area contributed by atoms with Crippen LogP contribution in [-0.2, 0) is 16.0 Å². The lowest BCUT2D eigenvalue weighted by molar-refractivity contribution is -0.173. The van der Waals surface area contributed by atoms with Crippen molar-refractivity contribution in [3.63, 3.8) is 0 Å². The SMILES string of the molecule is CC(=O)N(Oc1ccc(Cl)cc1)C(CC(=O)c1cc(Br)c(N)c(Br)c1)C(=O)N1CCC(N2CCc3ccccc3NC2=O)CC1. The van der Waals surface area contributed by atoms with Crippen molar-refractivity contribution in [3.8, 4) is 5.75 Å². The van der Waals surface area contributed by atoms with Crippen molar-refractivity contribution in [1.82, 2.24) is 14.9 Å². The van der Waals surface area contributed by atoms with Crippen LogP contribution in [0.2, 0.25) is 5.02 Å². The number of rotatable bonds is 8. The first-order valence-electron chi connectivity index (χ1n) is 14.5. The van der Waals surface area contributed by atoms with Crippen LogP contribution in [0.15, 0.2) is 69.6 Å². The van der Waals surface area contributed by atoms with Crippen LogP contribution in [0.25, 0.3) is 0 Å². The van der Waals surface area contributed by atoms with Gasteiger partial charge in [0.1, 0.15) is 0 Å². The second kappa shape index (κ2) is 14.2. The highest BCUT2D eigenvalue weighted by atomic mass is 79.9. The Morgan fingerprint density at radius 1 is 1.04 bits per heavy atom. The summed E-state index contributed by atoms with van der Waals surface area (Å²) in [5.41, 5.74) is 8.65. The molecule has 0 aliphatic carbocycles. The summed E-state index contributed by atoms with van der Waals surface area (Å²) in [5, 5.41) is 4.44. The summed E-state index contributed by atoms with van der Waals surface area (Å²) in [5.74, 6) is -1.07. The van der Waals surface area contributed by atoms with Crippen molar-refractivity contribution in [2.75, 3.05) is 30.7 Å². The fourth-order valence-corrected chi connectivity index (χ4v) is 6.92. The van der Waals surface area contributed by atoms with Crippen molar-refractivity contribution in [2.24, 2.45) is 0 Å². The molecule has 1 unspecified atom stereocenters. The van der Waals surface area contributed by atoms with Gasteiger partial charge in [0, 0.05) is 64.2 Å². The number of hydrogen-bond donors (Lipinski definition) is 2. The third-order valence-electron chi connectivity index (χ3n) is 8.03. The fourth-order valence-electron chi connectivity index (χ4n) is 5.61. The maximum absolute atomic E-state index is 14.1. The minimum Gasteiger partial charge on any atom is -0.397 e. The number of nitrogens with one attached hydrogen (secondary N) is 1. The number of halogens is 3. The van der Waals surface area contributed by atoms with E-state index in [1.807, 2.05) is 29.2 Å². The first kappa shape index (κ1) is 32.8. The van der Waals surface area contributed by atoms with Gasteiger partial charge in [0.05, 0.1) is 5.69 Å². The molecular formula is C32H32Br2ClN5O5. The summed E-state index contributed by atoms with van der Waals surface area (Å²) in [7, 11) is 0. The van der Waals surface area contributed by atoms with Crippen molar-refractivity contribution in [1.29, 1.82) is 0 Å². The molecule has 5 rings (SSSR count). The molecule has 0 saturated carbocycles. The molecule has 1 atom stereocenters. The third kappa shape index (κ3) is 7.62. The number of hydrogen-bond acceptors (Lipinski definition) is 6. The molecule has 4 amide bonds. The van der Waals surface area contributed by atoms with E-state index >= 15 is 0 Å². The second-order valence-corrected chi connectivity index (χ2v) is 13.1. The van der Waals surface area contributed by atoms with Crippen LogP contribution >= 0.6 is 43.5 Å². The largest absolute Gasteiger partial charge is 0.397 e. The van der Waals surface area contributed by atoms with Gasteiger partial charge in [0.2, 0.25) is 5.91 Å². The highest BCUT2D eigenvalue weighted by molar-refractivity contribution is 9.11. The Hall–Kier alpha value is -3.61. The number of para-hydroxylation sites is 1. The summed E-state index contributed by atoms with van der Waals surface area (Å²) < 4.78 is 1.04. The van der Waals surface area contributed by atoms with Crippen molar-refractivity contribution in [2.45, 2.75) is 44.7 Å². The van der Waals surface area contributed by atoms with E-state index in [1.165, 1.54) is 6.92 Å². The Balaban J connectivity index is 1.34. The van der Waals surface area contributed by atoms with E-state index in [2.05, 4.69) is 37.2 Å². The lowest BCUT2D eigenvalue weighted by Gasteiger charge is -2.40. The number of carbonyl (C=O) groups is 4. The van der Waals surface area contributed by atoms with Crippen LogP contribution in [0.5, 0.6) is 5.75 Å². The molecule has 236 valence electrons. The second-order valence-electron chi connectivity index (χ2n) is 11.0. The Morgan fingerprint density at radius 3 is 2.33 bits per heavy atom. The molecule has 13 heteroatoms. The highest BCUT2D eigenvalue weighted by Gasteiger charge is 2.38. The van der Waals surface area contributed by atoms with Crippen molar-refractivity contribution in [3.05, 3.63) is 85.8 Å². The first-order chi connectivity index (χ1) is 21.5. The van der Waals surface area contributed by atoms with Gasteiger partial charge in [0.15, 0.2) is 17.6 Å². The van der Waals surface area contributed by atoms with Crippen LogP contribution in [0, 0.1) is 0 Å². The molecule has 1 saturated heterocycles. The fraction of sp³-hybridized carbons (Fsp3) is 0.312. The molecule has 45 heavy (non-hydrogen) atoms. The van der Waals surface area contributed by atoms with Gasteiger partial charge in [-0.3, -0.25) is 14.4 Å². The Labute approximate surface area is 283 Å². The Bertz CT molecular complexity index is 1590. The van der Waals surface area contributed by atoms with E-state index in [1.54, 1.807) is 41.3 Å². The van der Waals surface area contributed by atoms with Gasteiger partial charge in [0.25, 0.3) is 5.91 Å². The van der Waals surface area contributed by atoms with Gasteiger partial charge < -0.3 is 25.7 Å². The van der Waals surface area contributed by atoms with E-state index in [4.69, 9.17) is 22.2 Å². The minimum absolute atomic E-state index is 0.0675. The molecule has 0 spiro atoms. The van der Waals surface area contributed by atoms with Gasteiger partial charge in [-0.1, -0.05) is 29.8 Å². The maximum Gasteiger partial charge on any atom is 0.322 e. The smallest absolute Gasteiger partial charge is 0.322 e. The van der Waals surface area contributed by atoms with Crippen LogP contribution in [-0.4, -0.2) is 70.2 Å². The van der Waals surface area contributed by atoms with Crippen LogP contribution in [0.1, 0.15) is 42.1 Å². The lowest BCUT2D eigenvalue weighted by Crippen LogP contribution is -2.56. The maximum atomic E-state index is 14.1. The number of nitrogen functional groups attached to an aromatic ring is 1. The third-order valence-corrected chi connectivity index (χ3v) is 9.60. The minimum atomic E-state index is -1.26. The number of anilines is 2. The number of carbonyl (C=O) groups excluding carboxylic acids is 4. The summed E-state index contributed by atoms with van der Waals surface area (Å²) in [6, 6.07) is 15.8. The van der Waals surface area contributed by atoms with E-state index in [-0.39, 0.29) is 30.0 Å². The molecule has 0 bridgehead atoms. The number of amides is 4. The number of fused-ring (bicyclic) bond motifs is 1. The monoisotopic (exact) mass is 759 g/mol. The van der Waals surface area contributed by atoms with E-state index in [0.717, 1.165) is 22.7 Å². The number of urea groups is 1. The Morgan fingerprint density at radius 2 is 1.69 bits per heavy atom. The average Bonchev–Trinajstić information content (AvgIpc) is 3.19. The zero-order chi connectivity index (χ0) is 32.2. The molecule has 2 aliphatic rings. The number of piperidine rings is 1. The summed E-state index contributed by atoms with van der Waals surface area (Å²) in [6.07, 6.45) is 1.49. The molecule has 3 aromatic carbocycles. The number of nitrogens with two attached hydrogens (primary N) is 1. The van der Waals surface area contributed by atoms with Crippen molar-refractivity contribution >= 4 is 78.5 Å². The zero-order valence-corrected chi connectivity index (χ0v) is 28.4. The summed E-state index contributed by atoms with van der Waals surface area (Å²) in [4.78, 5) is 63.2. The molecular weight excluding hydrogens is 730 g/mol. The van der Waals surface area contributed by atoms with Crippen molar-refractivity contribution < 1.29 is 24.0 Å². The average molecular weight is 762 g/mol. The quantitative estimate of drug-likeness (QED) is 0.158. The number of hydroxylamine groups is 2. The number of nitrogens with zero attached hydrogens (tertiary/aromatic N) is 3. The van der Waals surface area contributed by atoms with Gasteiger partial charge in [-0.15, -0.1) is 0 Å². The predicted molar refractivity (Wildman–Crippen MR) is 179 cm³/mol. The molecule has 3 aromatic rings. The van der Waals surface area contributed by atoms with Gasteiger partial charge >= 0.3 is 6.03 Å². The predicted octanol–water partition coefficient (Wildman–Crippen LogP) is 6.31. The van der Waals surface area contributed by atoms with Gasteiger partial charge in [-0.25, -0.2) is 4.79 Å². The number of ketones is 1. The highest BCUT2D eigenvalue weighted by Crippen LogP contribution is 2.31. The summed E-state index contributed by atoms with van der Waals surface area (Å²) >= 11 is 12.8. The van der Waals surface area contributed by atoms with Crippen LogP contribution < -0.4 is 15.9 Å². The van der Waals surface area contributed by atoms with Gasteiger partial charge in [-0.2, -0.15) is 5.06 Å². The zero-order valence-electron chi connectivity index (χ0n) is 24.5. The Kier molecular flexibility index (Phi) is 10.4. The molecule has 0 aromatic heterocycles. The van der Waals surface area contributed by atoms with E-state index < -0.39 is 17.9 Å². The van der Waals surface area contributed by atoms with Gasteiger partial charge in [-0.05, 0) is 99.2 Å². The van der Waals surface area contributed by atoms with E-state index in [9.17, 15) is 19.2 Å². The standard InChI is InChI=1S/C32H32Br2ClN5O5/c1-19(41)40(45-24-8-6-22(35)7-9-24)28(18-29(42)21-16-25(33)30(36)26(34)17-21)31(43)38-13-11-23(12-14-38)39-15-10-20-4-2-3-5-27(20)37-32(39)44/h2-9,16-17,23,28H,10-15,18,36H2,1H3,(H,37,44). The van der Waals surface area contributed by atoms with Crippen LogP contribution in [0.3, 0.4) is 0 Å². The van der Waals surface area contributed by atoms with E-state index in [0.29, 0.717) is 57.7 Å². The molecule has 1 fully saturated rings. The molecule has 0 radical (unpaired) electrons. The molecule has 2 aliphatic heterocycles. The first-order valence-corrected chi connectivity index (χ1v) is 16.4. The molecule has 3 N–H and O–H groups in total. The molecule has 2 heterocycles. The lowest BCUT2D eigenvalue weighted by atomic mass is 9.99. The topological polar surface area (TPSA) is 125 Å². The number of benzene rings is 3. The number of Topliss-reactive ketones (excluding diaryl/α,β-unsaturated/α-hetero) is 1. The van der Waals surface area contributed by atoms with Crippen LogP contribution in [0.4, 0.5) is 16.2 Å². The number of likely N-dealkylation sites (tertiary alicyclic amines) is 1. The normalized spacial score (nSPS) is 15.9.